The number of aromatic nitrogens is 1. The number of carbonyl (C=O) groups excluding carboxylic acids is 1. The summed E-state index contributed by atoms with van der Waals surface area (Å²) in [4.78, 5) is 14.7. The van der Waals surface area contributed by atoms with E-state index in [-0.39, 0.29) is 5.91 Å². The summed E-state index contributed by atoms with van der Waals surface area (Å²) in [6, 6.07) is 9.50. The predicted molar refractivity (Wildman–Crippen MR) is 131 cm³/mol. The molecular formula is C27H30N2O6. The average Bonchev–Trinajstić information content (AvgIpc) is 3.21. The quantitative estimate of drug-likeness (QED) is 0.441. The maximum absolute atomic E-state index is 12.9. The van der Waals surface area contributed by atoms with Crippen molar-refractivity contribution in [1.82, 2.24) is 10.1 Å². The zero-order valence-electron chi connectivity index (χ0n) is 20.7. The summed E-state index contributed by atoms with van der Waals surface area (Å²) in [6.07, 6.45) is 4.14. The van der Waals surface area contributed by atoms with E-state index in [0.29, 0.717) is 42.7 Å². The molecule has 3 aromatic rings. The Hall–Kier alpha value is -3.94. The second-order valence-electron chi connectivity index (χ2n) is 8.32. The van der Waals surface area contributed by atoms with Crippen LogP contribution in [0.4, 0.5) is 0 Å². The van der Waals surface area contributed by atoms with Gasteiger partial charge in [-0.3, -0.25) is 4.79 Å². The number of nitrogens with zero attached hydrogens (tertiary/aromatic N) is 2. The normalized spacial score (nSPS) is 13.0. The van der Waals surface area contributed by atoms with Crippen molar-refractivity contribution in [2.24, 2.45) is 0 Å². The minimum absolute atomic E-state index is 0.0527. The maximum Gasteiger partial charge on any atom is 0.246 e. The molecule has 2 aromatic carbocycles. The molecule has 8 heteroatoms. The van der Waals surface area contributed by atoms with E-state index in [0.717, 1.165) is 34.6 Å². The van der Waals surface area contributed by atoms with Crippen LogP contribution in [0.25, 0.3) is 6.08 Å². The largest absolute Gasteiger partial charge is 0.493 e. The van der Waals surface area contributed by atoms with Gasteiger partial charge in [0.15, 0.2) is 23.0 Å². The highest BCUT2D eigenvalue weighted by Crippen LogP contribution is 2.33. The second-order valence-corrected chi connectivity index (χ2v) is 8.32. The van der Waals surface area contributed by atoms with Crippen LogP contribution in [-0.4, -0.2) is 43.8 Å². The first kappa shape index (κ1) is 24.2. The van der Waals surface area contributed by atoms with Crippen molar-refractivity contribution in [2.45, 2.75) is 33.4 Å². The molecule has 1 aromatic heterocycles. The number of amides is 1. The van der Waals surface area contributed by atoms with Crippen LogP contribution in [0.5, 0.6) is 23.0 Å². The molecule has 0 saturated heterocycles. The fraction of sp³-hybridized carbons (Fsp3) is 0.333. The number of carbonyl (C=O) groups is 1. The molecule has 1 amide bonds. The molecule has 1 aliphatic rings. The Kier molecular flexibility index (Phi) is 7.29. The van der Waals surface area contributed by atoms with Gasteiger partial charge in [0.05, 0.1) is 32.6 Å². The smallest absolute Gasteiger partial charge is 0.246 e. The first-order chi connectivity index (χ1) is 16.9. The van der Waals surface area contributed by atoms with Crippen molar-refractivity contribution < 1.29 is 28.3 Å². The van der Waals surface area contributed by atoms with E-state index in [1.165, 1.54) is 5.56 Å². The predicted octanol–water partition coefficient (Wildman–Crippen LogP) is 4.49. The molecular weight excluding hydrogens is 448 g/mol. The number of ether oxygens (including phenoxy) is 4. The summed E-state index contributed by atoms with van der Waals surface area (Å²) < 4.78 is 27.4. The molecule has 1 aliphatic heterocycles. The highest BCUT2D eigenvalue weighted by molar-refractivity contribution is 5.92. The Morgan fingerprint density at radius 1 is 1.00 bits per heavy atom. The van der Waals surface area contributed by atoms with E-state index in [1.807, 2.05) is 49.1 Å². The van der Waals surface area contributed by atoms with Crippen LogP contribution in [0.15, 0.2) is 40.9 Å². The number of rotatable bonds is 8. The third kappa shape index (κ3) is 5.26. The SMILES string of the molecule is COc1cc2c(cc1OC)CN(C(=O)/C=C/c1ccc(OCc3c(C)noc3C)c(OC)c1)CC2. The summed E-state index contributed by atoms with van der Waals surface area (Å²) in [6.45, 7) is 5.24. The van der Waals surface area contributed by atoms with Crippen LogP contribution in [0, 0.1) is 13.8 Å². The Bertz CT molecular complexity index is 1230. The van der Waals surface area contributed by atoms with Crippen LogP contribution in [-0.2, 0) is 24.4 Å². The topological polar surface area (TPSA) is 83.3 Å². The van der Waals surface area contributed by atoms with Crippen LogP contribution in [0.1, 0.15) is 33.7 Å². The monoisotopic (exact) mass is 478 g/mol. The first-order valence-electron chi connectivity index (χ1n) is 11.4. The van der Waals surface area contributed by atoms with Gasteiger partial charge in [-0.05, 0) is 67.3 Å². The van der Waals surface area contributed by atoms with Crippen molar-refractivity contribution in [3.8, 4) is 23.0 Å². The van der Waals surface area contributed by atoms with Gasteiger partial charge >= 0.3 is 0 Å². The molecule has 0 saturated carbocycles. The summed E-state index contributed by atoms with van der Waals surface area (Å²) in [5.74, 6) is 3.24. The van der Waals surface area contributed by atoms with Gasteiger partial charge in [-0.15, -0.1) is 0 Å². The van der Waals surface area contributed by atoms with Gasteiger partial charge < -0.3 is 28.4 Å². The third-order valence-electron chi connectivity index (χ3n) is 6.19. The summed E-state index contributed by atoms with van der Waals surface area (Å²) in [7, 11) is 4.82. The molecule has 2 heterocycles. The number of methoxy groups -OCH3 is 3. The number of fused-ring (bicyclic) bond motifs is 1. The second kappa shape index (κ2) is 10.5. The van der Waals surface area contributed by atoms with Crippen molar-refractivity contribution in [3.63, 3.8) is 0 Å². The van der Waals surface area contributed by atoms with Gasteiger partial charge in [-0.2, -0.15) is 0 Å². The van der Waals surface area contributed by atoms with E-state index < -0.39 is 0 Å². The first-order valence-corrected chi connectivity index (χ1v) is 11.4. The van der Waals surface area contributed by atoms with E-state index in [9.17, 15) is 4.79 Å². The highest BCUT2D eigenvalue weighted by atomic mass is 16.5. The number of hydrogen-bond donors (Lipinski definition) is 0. The van der Waals surface area contributed by atoms with Crippen LogP contribution >= 0.6 is 0 Å². The molecule has 0 unspecified atom stereocenters. The Morgan fingerprint density at radius 2 is 1.69 bits per heavy atom. The molecule has 184 valence electrons. The molecule has 0 atom stereocenters. The van der Waals surface area contributed by atoms with Crippen LogP contribution < -0.4 is 18.9 Å². The van der Waals surface area contributed by atoms with E-state index in [2.05, 4.69) is 5.16 Å². The molecule has 0 bridgehead atoms. The Balaban J connectivity index is 1.42. The molecule has 0 radical (unpaired) electrons. The summed E-state index contributed by atoms with van der Waals surface area (Å²) in [5.41, 5.74) is 4.80. The zero-order valence-corrected chi connectivity index (χ0v) is 20.7. The van der Waals surface area contributed by atoms with E-state index >= 15 is 0 Å². The number of benzene rings is 2. The molecule has 0 spiro atoms. The summed E-state index contributed by atoms with van der Waals surface area (Å²) >= 11 is 0. The lowest BCUT2D eigenvalue weighted by Crippen LogP contribution is -2.34. The lowest BCUT2D eigenvalue weighted by molar-refractivity contribution is -0.126. The lowest BCUT2D eigenvalue weighted by atomic mass is 9.98. The minimum atomic E-state index is -0.0527. The van der Waals surface area contributed by atoms with Crippen molar-refractivity contribution in [3.05, 3.63) is 70.1 Å². The zero-order chi connectivity index (χ0) is 24.9. The van der Waals surface area contributed by atoms with Gasteiger partial charge in [0.2, 0.25) is 5.91 Å². The molecule has 0 N–H and O–H groups in total. The fourth-order valence-corrected chi connectivity index (χ4v) is 4.11. The molecule has 0 aliphatic carbocycles. The van der Waals surface area contributed by atoms with Crippen molar-refractivity contribution in [1.29, 1.82) is 0 Å². The van der Waals surface area contributed by atoms with Gasteiger partial charge in [0.1, 0.15) is 12.4 Å². The van der Waals surface area contributed by atoms with Gasteiger partial charge in [-0.25, -0.2) is 0 Å². The minimum Gasteiger partial charge on any atom is -0.493 e. The van der Waals surface area contributed by atoms with Crippen LogP contribution in [0.3, 0.4) is 0 Å². The number of hydrogen-bond acceptors (Lipinski definition) is 7. The molecule has 8 nitrogen and oxygen atoms in total. The molecule has 4 rings (SSSR count). The van der Waals surface area contributed by atoms with Crippen molar-refractivity contribution >= 4 is 12.0 Å². The van der Waals surface area contributed by atoms with Gasteiger partial charge in [0, 0.05) is 19.2 Å². The van der Waals surface area contributed by atoms with Gasteiger partial charge in [-0.1, -0.05) is 11.2 Å². The third-order valence-corrected chi connectivity index (χ3v) is 6.19. The fourth-order valence-electron chi connectivity index (χ4n) is 4.11. The maximum atomic E-state index is 12.9. The van der Waals surface area contributed by atoms with E-state index in [4.69, 9.17) is 23.5 Å². The lowest BCUT2D eigenvalue weighted by Gasteiger charge is -2.28. The Morgan fingerprint density at radius 3 is 2.34 bits per heavy atom. The molecule has 0 fully saturated rings. The standard InChI is InChI=1S/C27H30N2O6/c1-17-22(18(2)35-28-17)16-34-23-8-6-19(12-24(23)31-3)7-9-27(30)29-11-10-20-13-25(32-4)26(33-5)14-21(20)15-29/h6-9,12-14H,10-11,15-16H2,1-5H3/b9-7+. The Labute approximate surface area is 205 Å². The summed E-state index contributed by atoms with van der Waals surface area (Å²) in [5, 5.41) is 3.95. The highest BCUT2D eigenvalue weighted by Gasteiger charge is 2.21. The van der Waals surface area contributed by atoms with Crippen molar-refractivity contribution in [2.75, 3.05) is 27.9 Å². The average molecular weight is 479 g/mol. The van der Waals surface area contributed by atoms with E-state index in [1.54, 1.807) is 33.5 Å². The molecule has 35 heavy (non-hydrogen) atoms. The van der Waals surface area contributed by atoms with Crippen LogP contribution in [0.2, 0.25) is 0 Å². The number of aryl methyl sites for hydroxylation is 2. The van der Waals surface area contributed by atoms with Gasteiger partial charge in [0.25, 0.3) is 0 Å².